The summed E-state index contributed by atoms with van der Waals surface area (Å²) in [6, 6.07) is 83.3. The van der Waals surface area contributed by atoms with Crippen LogP contribution in [-0.2, 0) is 0 Å². The van der Waals surface area contributed by atoms with Crippen molar-refractivity contribution < 1.29 is 0 Å². The van der Waals surface area contributed by atoms with Crippen LogP contribution < -0.4 is 0 Å². The van der Waals surface area contributed by atoms with Crippen LogP contribution in [0.15, 0.2) is 224 Å². The van der Waals surface area contributed by atoms with Gasteiger partial charge in [0.25, 0.3) is 0 Å². The summed E-state index contributed by atoms with van der Waals surface area (Å²) in [7, 11) is 0. The second-order valence-corrected chi connectivity index (χ2v) is 17.7. The van der Waals surface area contributed by atoms with E-state index in [1.165, 1.54) is 137 Å². The van der Waals surface area contributed by atoms with E-state index >= 15 is 0 Å². The third-order valence-electron chi connectivity index (χ3n) is 14.3. The standard InChI is InChI=1S/C62H37N3/c1-3-12-46(13-4-1)63-56-20-9-7-16-48(56)52-32-40(26-28-58(52)63)38-22-24-42-34-54-50-18-11-19-51-55-35-43-25-23-39(31-45(43)37-61(55)65(62(50)51)60(54)36-44(42)30-38)41-27-29-59-53(33-41)49-17-8-10-21-57(49)64(59)47-14-5-2-6-15-47/h1-37H. The molecule has 3 nitrogen and oxygen atoms in total. The Morgan fingerprint density at radius 3 is 1.09 bits per heavy atom. The van der Waals surface area contributed by atoms with E-state index in [0.29, 0.717) is 0 Å². The Morgan fingerprint density at radius 2 is 0.600 bits per heavy atom. The first kappa shape index (κ1) is 34.9. The van der Waals surface area contributed by atoms with Crippen molar-refractivity contribution >= 4 is 103 Å². The molecule has 15 aromatic rings. The molecule has 0 aliphatic rings. The lowest BCUT2D eigenvalue weighted by molar-refractivity contribution is 1.18. The van der Waals surface area contributed by atoms with Gasteiger partial charge in [0.15, 0.2) is 0 Å². The molecule has 15 rings (SSSR count). The average molecular weight is 824 g/mol. The van der Waals surface area contributed by atoms with Crippen LogP contribution in [0.2, 0.25) is 0 Å². The second-order valence-electron chi connectivity index (χ2n) is 17.7. The van der Waals surface area contributed by atoms with E-state index in [2.05, 4.69) is 238 Å². The summed E-state index contributed by atoms with van der Waals surface area (Å²) in [6.45, 7) is 0. The van der Waals surface area contributed by atoms with Crippen LogP contribution in [0, 0.1) is 0 Å². The molecular weight excluding hydrogens is 787 g/mol. The van der Waals surface area contributed by atoms with Gasteiger partial charge in [0.2, 0.25) is 0 Å². The number of para-hydroxylation sites is 5. The summed E-state index contributed by atoms with van der Waals surface area (Å²) in [5.74, 6) is 0. The third kappa shape index (κ3) is 4.90. The van der Waals surface area contributed by atoms with Crippen molar-refractivity contribution in [2.75, 3.05) is 0 Å². The number of benzene rings is 11. The molecule has 3 heteroatoms. The summed E-state index contributed by atoms with van der Waals surface area (Å²) >= 11 is 0. The summed E-state index contributed by atoms with van der Waals surface area (Å²) in [5, 5.41) is 15.2. The summed E-state index contributed by atoms with van der Waals surface area (Å²) in [5.41, 5.74) is 15.9. The van der Waals surface area contributed by atoms with Crippen LogP contribution in [0.25, 0.3) is 137 Å². The van der Waals surface area contributed by atoms with Gasteiger partial charge in [-0.15, -0.1) is 0 Å². The Bertz CT molecular complexity index is 4170. The predicted octanol–water partition coefficient (Wildman–Crippen LogP) is 16.7. The van der Waals surface area contributed by atoms with Crippen molar-refractivity contribution in [3.63, 3.8) is 0 Å². The molecule has 0 amide bonds. The van der Waals surface area contributed by atoms with Gasteiger partial charge in [-0.2, -0.15) is 0 Å². The van der Waals surface area contributed by atoms with Crippen LogP contribution in [0.1, 0.15) is 0 Å². The topological polar surface area (TPSA) is 14.3 Å². The molecule has 65 heavy (non-hydrogen) atoms. The zero-order valence-corrected chi connectivity index (χ0v) is 35.2. The van der Waals surface area contributed by atoms with Gasteiger partial charge in [-0.05, 0) is 141 Å². The van der Waals surface area contributed by atoms with Gasteiger partial charge in [0, 0.05) is 54.5 Å². The first-order chi connectivity index (χ1) is 32.2. The van der Waals surface area contributed by atoms with E-state index in [0.717, 1.165) is 0 Å². The van der Waals surface area contributed by atoms with Crippen molar-refractivity contribution in [3.05, 3.63) is 224 Å². The van der Waals surface area contributed by atoms with Crippen molar-refractivity contribution in [3.8, 4) is 33.6 Å². The normalized spacial score (nSPS) is 12.3. The molecule has 0 radical (unpaired) electrons. The minimum absolute atomic E-state index is 1.17. The summed E-state index contributed by atoms with van der Waals surface area (Å²) in [6.07, 6.45) is 0. The van der Waals surface area contributed by atoms with Crippen molar-refractivity contribution in [1.29, 1.82) is 0 Å². The fourth-order valence-corrected chi connectivity index (χ4v) is 11.3. The number of nitrogens with zero attached hydrogens (tertiary/aromatic N) is 3. The Kier molecular flexibility index (Phi) is 6.95. The maximum absolute atomic E-state index is 2.53. The van der Waals surface area contributed by atoms with E-state index < -0.39 is 0 Å². The molecule has 0 N–H and O–H groups in total. The number of rotatable bonds is 4. The molecule has 11 aromatic carbocycles. The fraction of sp³-hybridized carbons (Fsp3) is 0. The van der Waals surface area contributed by atoms with Gasteiger partial charge < -0.3 is 13.5 Å². The molecule has 0 spiro atoms. The Labute approximate surface area is 373 Å². The monoisotopic (exact) mass is 823 g/mol. The Balaban J connectivity index is 0.888. The largest absolute Gasteiger partial charge is 0.309 e. The van der Waals surface area contributed by atoms with Crippen LogP contribution in [0.4, 0.5) is 0 Å². The smallest absolute Gasteiger partial charge is 0.0620 e. The Hall–Kier alpha value is -8.66. The first-order valence-electron chi connectivity index (χ1n) is 22.5. The highest BCUT2D eigenvalue weighted by Crippen LogP contribution is 2.43. The van der Waals surface area contributed by atoms with Crippen LogP contribution in [-0.4, -0.2) is 13.5 Å². The lowest BCUT2D eigenvalue weighted by Crippen LogP contribution is -1.92. The molecule has 4 heterocycles. The van der Waals surface area contributed by atoms with Gasteiger partial charge in [0.1, 0.15) is 0 Å². The highest BCUT2D eigenvalue weighted by Gasteiger charge is 2.20. The van der Waals surface area contributed by atoms with E-state index in [-0.39, 0.29) is 0 Å². The third-order valence-corrected chi connectivity index (χ3v) is 14.3. The maximum atomic E-state index is 2.53. The number of aromatic nitrogens is 3. The van der Waals surface area contributed by atoms with Crippen molar-refractivity contribution in [2.45, 2.75) is 0 Å². The highest BCUT2D eigenvalue weighted by molar-refractivity contribution is 6.26. The molecule has 4 aromatic heterocycles. The number of fused-ring (bicyclic) bond motifs is 14. The molecule has 0 aliphatic carbocycles. The molecule has 0 saturated heterocycles. The molecule has 0 bridgehead atoms. The van der Waals surface area contributed by atoms with Crippen LogP contribution in [0.3, 0.4) is 0 Å². The van der Waals surface area contributed by atoms with Gasteiger partial charge in [0.05, 0.1) is 38.6 Å². The minimum Gasteiger partial charge on any atom is -0.309 e. The SMILES string of the molecule is c1ccc(-n2c3ccccc3c3cc(-c4ccc5cc6c7cccc8c9cc%10ccc(-c%11ccc%12c(c%11)c%11ccccc%11n%12-c%11ccccc%11)cc%10cc9n(c6cc5c4)c78)ccc32)cc1. The Morgan fingerprint density at radius 1 is 0.215 bits per heavy atom. The molecule has 0 atom stereocenters. The zero-order chi connectivity index (χ0) is 42.3. The zero-order valence-electron chi connectivity index (χ0n) is 35.2. The predicted molar refractivity (Wildman–Crippen MR) is 276 cm³/mol. The van der Waals surface area contributed by atoms with Crippen LogP contribution >= 0.6 is 0 Å². The lowest BCUT2D eigenvalue weighted by atomic mass is 9.97. The first-order valence-corrected chi connectivity index (χ1v) is 22.5. The van der Waals surface area contributed by atoms with Gasteiger partial charge in [-0.3, -0.25) is 0 Å². The molecule has 0 aliphatic heterocycles. The van der Waals surface area contributed by atoms with E-state index in [4.69, 9.17) is 0 Å². The maximum Gasteiger partial charge on any atom is 0.0620 e. The van der Waals surface area contributed by atoms with Gasteiger partial charge in [-0.1, -0.05) is 127 Å². The van der Waals surface area contributed by atoms with Gasteiger partial charge in [-0.25, -0.2) is 0 Å². The highest BCUT2D eigenvalue weighted by atomic mass is 15.0. The number of hydrogen-bond donors (Lipinski definition) is 0. The van der Waals surface area contributed by atoms with Crippen molar-refractivity contribution in [1.82, 2.24) is 13.5 Å². The van der Waals surface area contributed by atoms with Gasteiger partial charge >= 0.3 is 0 Å². The number of hydrogen-bond acceptors (Lipinski definition) is 0. The minimum atomic E-state index is 1.17. The fourth-order valence-electron chi connectivity index (χ4n) is 11.3. The molecular formula is C62H37N3. The second kappa shape index (κ2) is 12.9. The van der Waals surface area contributed by atoms with Crippen LogP contribution in [0.5, 0.6) is 0 Å². The summed E-state index contributed by atoms with van der Waals surface area (Å²) < 4.78 is 7.30. The average Bonchev–Trinajstić information content (AvgIpc) is 4.09. The quantitative estimate of drug-likeness (QED) is 0.168. The van der Waals surface area contributed by atoms with E-state index in [1.807, 2.05) is 0 Å². The summed E-state index contributed by atoms with van der Waals surface area (Å²) in [4.78, 5) is 0. The molecule has 0 unspecified atom stereocenters. The van der Waals surface area contributed by atoms with E-state index in [9.17, 15) is 0 Å². The van der Waals surface area contributed by atoms with E-state index in [1.54, 1.807) is 0 Å². The molecule has 0 saturated carbocycles. The lowest BCUT2D eigenvalue weighted by Gasteiger charge is -2.09. The molecule has 300 valence electrons. The molecule has 0 fully saturated rings. The van der Waals surface area contributed by atoms with Crippen molar-refractivity contribution in [2.24, 2.45) is 0 Å².